The summed E-state index contributed by atoms with van der Waals surface area (Å²) in [6.45, 7) is 12.2. The molecule has 3 aliphatic heterocycles. The third-order valence-electron chi connectivity index (χ3n) is 9.27. The Morgan fingerprint density at radius 3 is 2.46 bits per heavy atom. The average Bonchev–Trinajstić information content (AvgIpc) is 3.75. The Labute approximate surface area is 220 Å². The number of fused-ring (bicyclic) bond motifs is 5. The van der Waals surface area contributed by atoms with E-state index < -0.39 is 101 Å². The van der Waals surface area contributed by atoms with E-state index in [1.54, 1.807) is 6.92 Å². The van der Waals surface area contributed by atoms with Gasteiger partial charge in [0, 0.05) is 30.6 Å². The van der Waals surface area contributed by atoms with Gasteiger partial charge in [0.25, 0.3) is 0 Å². The second-order valence-electron chi connectivity index (χ2n) is 11.4. The van der Waals surface area contributed by atoms with Crippen LogP contribution in [0.25, 0.3) is 0 Å². The minimum absolute atomic E-state index is 0.220. The lowest BCUT2D eigenvalue weighted by Gasteiger charge is -2.54. The molecule has 0 amide bonds. The van der Waals surface area contributed by atoms with Gasteiger partial charge in [-0.05, 0) is 18.9 Å². The quantitative estimate of drug-likeness (QED) is 0.175. The van der Waals surface area contributed by atoms with Gasteiger partial charge in [-0.1, -0.05) is 27.4 Å². The Hall–Kier alpha value is -1.72. The van der Waals surface area contributed by atoms with E-state index in [0.717, 1.165) is 0 Å². The van der Waals surface area contributed by atoms with Gasteiger partial charge in [-0.3, -0.25) is 14.4 Å². The molecule has 0 bridgehead atoms. The maximum absolute atomic E-state index is 12.9. The first-order valence-electron chi connectivity index (χ1n) is 12.9. The third kappa shape index (κ3) is 3.77. The first kappa shape index (κ1) is 26.9. The fraction of sp³-hybridized carbons (Fsp3) is 0.808. The molecule has 5 rings (SSSR count). The molecule has 0 spiro atoms. The van der Waals surface area contributed by atoms with Crippen molar-refractivity contribution in [1.82, 2.24) is 0 Å². The van der Waals surface area contributed by atoms with Gasteiger partial charge < -0.3 is 33.9 Å². The molecule has 0 unspecified atom stereocenters. The van der Waals surface area contributed by atoms with Crippen LogP contribution in [0.5, 0.6) is 0 Å². The van der Waals surface area contributed by atoms with E-state index in [-0.39, 0.29) is 6.42 Å². The molecule has 37 heavy (non-hydrogen) atoms. The van der Waals surface area contributed by atoms with Crippen LogP contribution in [0.4, 0.5) is 0 Å². The van der Waals surface area contributed by atoms with Crippen LogP contribution in [-0.2, 0) is 38.1 Å². The number of ether oxygens (including phenoxy) is 5. The zero-order valence-electron chi connectivity index (χ0n) is 21.6. The Balaban J connectivity index is 1.67. The molecule has 11 heteroatoms. The number of hydrogen-bond donors (Lipinski definition) is 2. The Bertz CT molecular complexity index is 1020. The predicted octanol–water partition coefficient (Wildman–Crippen LogP) is 1.27. The van der Waals surface area contributed by atoms with Gasteiger partial charge >= 0.3 is 17.9 Å². The third-order valence-corrected chi connectivity index (χ3v) is 9.78. The number of carbonyl (C=O) groups excluding carboxylic acids is 3. The van der Waals surface area contributed by atoms with Gasteiger partial charge in [0.05, 0.1) is 23.5 Å². The van der Waals surface area contributed by atoms with Crippen LogP contribution >= 0.6 is 11.6 Å². The summed E-state index contributed by atoms with van der Waals surface area (Å²) in [6.07, 6.45) is -6.05. The van der Waals surface area contributed by atoms with Crippen molar-refractivity contribution in [3.63, 3.8) is 0 Å². The van der Waals surface area contributed by atoms with Crippen molar-refractivity contribution in [2.75, 3.05) is 0 Å². The Morgan fingerprint density at radius 1 is 1.16 bits per heavy atom. The van der Waals surface area contributed by atoms with Crippen molar-refractivity contribution in [2.45, 2.75) is 107 Å². The van der Waals surface area contributed by atoms with Gasteiger partial charge in [0.2, 0.25) is 0 Å². The summed E-state index contributed by atoms with van der Waals surface area (Å²) in [7, 11) is 0. The van der Waals surface area contributed by atoms with E-state index in [4.69, 9.17) is 35.3 Å². The van der Waals surface area contributed by atoms with Crippen molar-refractivity contribution >= 4 is 29.5 Å². The SMILES string of the molecule is C=C1[C@H]2O[C@H]2[C@H](O)[C@@]2(C)[C@H]([C@@H](C)[C@@H](OC(=O)CCC)[C@@H]3O[C@@H]32)[C@@H](OC(C)=O)[C@]2(O)[C@@H](C)C(=O)O[C@H]2[C@H]1Cl. The van der Waals surface area contributed by atoms with E-state index in [9.17, 15) is 24.6 Å². The van der Waals surface area contributed by atoms with Crippen molar-refractivity contribution in [3.8, 4) is 0 Å². The van der Waals surface area contributed by atoms with Gasteiger partial charge in [0.1, 0.15) is 30.5 Å². The summed E-state index contributed by atoms with van der Waals surface area (Å²) in [5.41, 5.74) is -2.86. The number of epoxide rings is 2. The minimum Gasteiger partial charge on any atom is -0.459 e. The molecule has 5 fully saturated rings. The number of hydrogen-bond acceptors (Lipinski definition) is 10. The Kier molecular flexibility index (Phi) is 6.47. The van der Waals surface area contributed by atoms with Gasteiger partial charge in [-0.25, -0.2) is 0 Å². The molecule has 2 saturated carbocycles. The summed E-state index contributed by atoms with van der Waals surface area (Å²) >= 11 is 6.74. The van der Waals surface area contributed by atoms with Crippen LogP contribution in [0.3, 0.4) is 0 Å². The fourth-order valence-electron chi connectivity index (χ4n) is 7.15. The van der Waals surface area contributed by atoms with E-state index in [1.807, 2.05) is 13.8 Å². The average molecular weight is 543 g/mol. The number of rotatable bonds is 4. The van der Waals surface area contributed by atoms with E-state index in [2.05, 4.69) is 6.58 Å². The van der Waals surface area contributed by atoms with Crippen molar-refractivity contribution in [2.24, 2.45) is 23.2 Å². The highest BCUT2D eigenvalue weighted by Crippen LogP contribution is 2.63. The molecule has 0 aromatic carbocycles. The maximum Gasteiger partial charge on any atom is 0.312 e. The molecule has 0 aromatic heterocycles. The summed E-state index contributed by atoms with van der Waals surface area (Å²) in [6, 6.07) is 0. The summed E-state index contributed by atoms with van der Waals surface area (Å²) in [5, 5.41) is 23.0. The summed E-state index contributed by atoms with van der Waals surface area (Å²) < 4.78 is 29.2. The lowest BCUT2D eigenvalue weighted by molar-refractivity contribution is -0.223. The van der Waals surface area contributed by atoms with Crippen LogP contribution in [0, 0.1) is 23.2 Å². The van der Waals surface area contributed by atoms with Crippen molar-refractivity contribution in [1.29, 1.82) is 0 Å². The number of halogens is 1. The highest BCUT2D eigenvalue weighted by atomic mass is 35.5. The lowest BCUT2D eigenvalue weighted by atomic mass is 9.53. The predicted molar refractivity (Wildman–Crippen MR) is 127 cm³/mol. The van der Waals surface area contributed by atoms with Crippen LogP contribution in [0.15, 0.2) is 12.2 Å². The first-order valence-corrected chi connectivity index (χ1v) is 13.3. The molecule has 0 radical (unpaired) electrons. The normalized spacial score (nSPS) is 52.0. The van der Waals surface area contributed by atoms with Crippen LogP contribution in [0.2, 0.25) is 0 Å². The van der Waals surface area contributed by atoms with Crippen LogP contribution < -0.4 is 0 Å². The van der Waals surface area contributed by atoms with E-state index in [0.29, 0.717) is 12.0 Å². The highest BCUT2D eigenvalue weighted by Gasteiger charge is 2.77. The van der Waals surface area contributed by atoms with E-state index in [1.165, 1.54) is 13.8 Å². The molecule has 206 valence electrons. The summed E-state index contributed by atoms with van der Waals surface area (Å²) in [4.78, 5) is 37.9. The largest absolute Gasteiger partial charge is 0.459 e. The minimum atomic E-state index is -2.08. The standard InChI is InChI=1S/C26H35ClO10/c1-7-8-13(29)34-16-9(2)14-21(33-12(5)28)26(32)11(4)24(31)37-22(26)15(27)10(3)17-18(35-17)20(30)25(14,6)23-19(16)36-23/h9,11,14-23,30,32H,3,7-8H2,1-2,4-6H3/t9-,11+,14-,15+,16-,17-,18-,19+,20+,21-,22+,23+,25-,26-/m1/s1. The van der Waals surface area contributed by atoms with Crippen LogP contribution in [-0.4, -0.2) is 87.9 Å². The number of aliphatic hydroxyl groups excluding tert-OH is 1. The van der Waals surface area contributed by atoms with Crippen molar-refractivity contribution in [3.05, 3.63) is 12.2 Å². The second-order valence-corrected chi connectivity index (χ2v) is 11.9. The highest BCUT2D eigenvalue weighted by molar-refractivity contribution is 6.23. The smallest absolute Gasteiger partial charge is 0.312 e. The molecular weight excluding hydrogens is 508 g/mol. The zero-order chi connectivity index (χ0) is 27.2. The topological polar surface area (TPSA) is 144 Å². The second kappa shape index (κ2) is 8.91. The number of carbonyl (C=O) groups is 3. The molecular formula is C26H35ClO10. The first-order chi connectivity index (χ1) is 17.3. The molecule has 2 N–H and O–H groups in total. The molecule has 10 nitrogen and oxygen atoms in total. The molecule has 14 atom stereocenters. The lowest BCUT2D eigenvalue weighted by Crippen LogP contribution is -2.69. The molecule has 5 aliphatic rings. The summed E-state index contributed by atoms with van der Waals surface area (Å²) in [5.74, 6) is -4.32. The molecule has 2 aliphatic carbocycles. The number of aliphatic hydroxyl groups is 2. The molecule has 0 aromatic rings. The molecule has 3 saturated heterocycles. The fourth-order valence-corrected chi connectivity index (χ4v) is 7.53. The Morgan fingerprint density at radius 2 is 1.84 bits per heavy atom. The number of esters is 3. The maximum atomic E-state index is 12.9. The van der Waals surface area contributed by atoms with Gasteiger partial charge in [-0.2, -0.15) is 0 Å². The zero-order valence-corrected chi connectivity index (χ0v) is 22.3. The van der Waals surface area contributed by atoms with Crippen LogP contribution in [0.1, 0.15) is 47.5 Å². The molecule has 3 heterocycles. The monoisotopic (exact) mass is 542 g/mol. The van der Waals surface area contributed by atoms with Crippen molar-refractivity contribution < 1.29 is 48.3 Å². The van der Waals surface area contributed by atoms with E-state index >= 15 is 0 Å². The van der Waals surface area contributed by atoms with Gasteiger partial charge in [-0.15, -0.1) is 11.6 Å². The van der Waals surface area contributed by atoms with Gasteiger partial charge in [0.15, 0.2) is 11.7 Å². The number of alkyl halides is 1.